The fourth-order valence-electron chi connectivity index (χ4n) is 8.32. The molecule has 5 aliphatic rings. The SMILES string of the molecule is CN(C)[C@@H]1CCCC[C@H]1NCc1cc(C(C)(C)C)cc(C23CC4CC(CC(C4)C2)C3)c1O. The van der Waals surface area contributed by atoms with Crippen LogP contribution in [0.3, 0.4) is 0 Å². The van der Waals surface area contributed by atoms with Crippen molar-refractivity contribution in [1.29, 1.82) is 0 Å². The Bertz CT molecular complexity index is 801. The Morgan fingerprint density at radius 3 is 2.12 bits per heavy atom. The predicted octanol–water partition coefficient (Wildman–Crippen LogP) is 6.12. The molecule has 6 rings (SSSR count). The maximum Gasteiger partial charge on any atom is 0.123 e. The van der Waals surface area contributed by atoms with Gasteiger partial charge in [0.15, 0.2) is 0 Å². The highest BCUT2D eigenvalue weighted by Crippen LogP contribution is 2.62. The molecule has 1 aromatic carbocycles. The monoisotopic (exact) mass is 438 g/mol. The third-order valence-corrected chi connectivity index (χ3v) is 9.61. The molecule has 0 aliphatic heterocycles. The number of hydrogen-bond acceptors (Lipinski definition) is 3. The third kappa shape index (κ3) is 4.13. The molecule has 178 valence electrons. The molecular weight excluding hydrogens is 392 g/mol. The smallest absolute Gasteiger partial charge is 0.123 e. The van der Waals surface area contributed by atoms with E-state index in [-0.39, 0.29) is 10.8 Å². The molecule has 5 aliphatic carbocycles. The van der Waals surface area contributed by atoms with Crippen molar-refractivity contribution in [1.82, 2.24) is 10.2 Å². The Morgan fingerprint density at radius 2 is 1.56 bits per heavy atom. The molecule has 0 heterocycles. The zero-order valence-corrected chi connectivity index (χ0v) is 21.2. The maximum atomic E-state index is 11.7. The largest absolute Gasteiger partial charge is 0.507 e. The number of likely N-dealkylation sites (N-methyl/N-ethyl adjacent to an activating group) is 1. The Labute approximate surface area is 196 Å². The fraction of sp³-hybridized carbons (Fsp3) is 0.793. The van der Waals surface area contributed by atoms with Crippen LogP contribution in [0.2, 0.25) is 0 Å². The summed E-state index contributed by atoms with van der Waals surface area (Å²) < 4.78 is 0. The van der Waals surface area contributed by atoms with Gasteiger partial charge in [0.1, 0.15) is 5.75 Å². The zero-order valence-electron chi connectivity index (χ0n) is 21.2. The van der Waals surface area contributed by atoms with Gasteiger partial charge >= 0.3 is 0 Å². The molecule has 2 N–H and O–H groups in total. The first-order valence-electron chi connectivity index (χ1n) is 13.4. The van der Waals surface area contributed by atoms with Crippen molar-refractivity contribution in [2.45, 2.75) is 114 Å². The summed E-state index contributed by atoms with van der Waals surface area (Å²) in [6.45, 7) is 7.75. The summed E-state index contributed by atoms with van der Waals surface area (Å²) in [5, 5.41) is 15.6. The molecule has 0 aromatic heterocycles. The molecular formula is C29H46N2O. The summed E-state index contributed by atoms with van der Waals surface area (Å²) in [6.07, 6.45) is 13.4. The van der Waals surface area contributed by atoms with Crippen molar-refractivity contribution in [3.8, 4) is 5.75 Å². The first-order valence-corrected chi connectivity index (χ1v) is 13.4. The van der Waals surface area contributed by atoms with Crippen LogP contribution in [0.5, 0.6) is 5.75 Å². The molecule has 1 aromatic rings. The second kappa shape index (κ2) is 8.31. The van der Waals surface area contributed by atoms with E-state index in [1.54, 1.807) is 0 Å². The van der Waals surface area contributed by atoms with Crippen LogP contribution in [-0.2, 0) is 17.4 Å². The fourth-order valence-corrected chi connectivity index (χ4v) is 8.32. The van der Waals surface area contributed by atoms with Crippen LogP contribution < -0.4 is 5.32 Å². The number of rotatable bonds is 5. The number of nitrogens with zero attached hydrogens (tertiary/aromatic N) is 1. The Hall–Kier alpha value is -1.06. The number of nitrogens with one attached hydrogen (secondary N) is 1. The van der Waals surface area contributed by atoms with Crippen molar-refractivity contribution < 1.29 is 5.11 Å². The van der Waals surface area contributed by atoms with Gasteiger partial charge in [0.05, 0.1) is 0 Å². The minimum Gasteiger partial charge on any atom is -0.507 e. The lowest BCUT2D eigenvalue weighted by Gasteiger charge is -2.57. The van der Waals surface area contributed by atoms with E-state index in [0.29, 0.717) is 17.8 Å². The van der Waals surface area contributed by atoms with Crippen LogP contribution in [0.25, 0.3) is 0 Å². The van der Waals surface area contributed by atoms with Gasteiger partial charge in [-0.05, 0) is 99.6 Å². The van der Waals surface area contributed by atoms with E-state index >= 15 is 0 Å². The van der Waals surface area contributed by atoms with Crippen molar-refractivity contribution >= 4 is 0 Å². The molecule has 32 heavy (non-hydrogen) atoms. The van der Waals surface area contributed by atoms with Gasteiger partial charge in [0, 0.05) is 29.8 Å². The highest BCUT2D eigenvalue weighted by molar-refractivity contribution is 5.50. The van der Waals surface area contributed by atoms with E-state index in [1.807, 2.05) is 0 Å². The van der Waals surface area contributed by atoms with E-state index in [9.17, 15) is 5.11 Å². The highest BCUT2D eigenvalue weighted by Gasteiger charge is 2.52. The summed E-state index contributed by atoms with van der Waals surface area (Å²) in [7, 11) is 4.43. The Kier molecular flexibility index (Phi) is 5.90. The normalized spacial score (nSPS) is 36.8. The van der Waals surface area contributed by atoms with Gasteiger partial charge in [-0.25, -0.2) is 0 Å². The predicted molar refractivity (Wildman–Crippen MR) is 133 cm³/mol. The maximum absolute atomic E-state index is 11.7. The van der Waals surface area contributed by atoms with Gasteiger partial charge in [0.25, 0.3) is 0 Å². The molecule has 3 heteroatoms. The number of phenols is 1. The van der Waals surface area contributed by atoms with E-state index < -0.39 is 0 Å². The van der Waals surface area contributed by atoms with Crippen molar-refractivity contribution in [2.75, 3.05) is 14.1 Å². The summed E-state index contributed by atoms with van der Waals surface area (Å²) in [5.41, 5.74) is 4.15. The van der Waals surface area contributed by atoms with Crippen molar-refractivity contribution in [3.63, 3.8) is 0 Å². The second-order valence-corrected chi connectivity index (χ2v) is 13.3. The standard InChI is InChI=1S/C29H46N2O/c1-28(2,3)23-13-22(18-30-25-8-6-7-9-26(25)31(4)5)27(32)24(14-23)29-15-19-10-20(16-29)12-21(11-19)17-29/h13-14,19-21,25-26,30,32H,6-12,15-18H2,1-5H3/t19?,20?,21?,25-,26-,29?/m1/s1. The van der Waals surface area contributed by atoms with Crippen LogP contribution in [0.15, 0.2) is 12.1 Å². The first-order chi connectivity index (χ1) is 15.1. The van der Waals surface area contributed by atoms with Crippen molar-refractivity contribution in [3.05, 3.63) is 28.8 Å². The van der Waals surface area contributed by atoms with E-state index in [0.717, 1.165) is 29.9 Å². The van der Waals surface area contributed by atoms with E-state index in [1.165, 1.54) is 75.3 Å². The number of phenolic OH excluding ortho intramolecular Hbond substituents is 1. The summed E-state index contributed by atoms with van der Waals surface area (Å²) in [5.74, 6) is 3.29. The van der Waals surface area contributed by atoms with Gasteiger partial charge in [0.2, 0.25) is 0 Å². The molecule has 5 saturated carbocycles. The van der Waals surface area contributed by atoms with Gasteiger partial charge in [-0.2, -0.15) is 0 Å². The summed E-state index contributed by atoms with van der Waals surface area (Å²) >= 11 is 0. The van der Waals surface area contributed by atoms with Crippen LogP contribution in [0.4, 0.5) is 0 Å². The van der Waals surface area contributed by atoms with Gasteiger partial charge in [-0.1, -0.05) is 45.7 Å². The molecule has 0 unspecified atom stereocenters. The van der Waals surface area contributed by atoms with Crippen LogP contribution >= 0.6 is 0 Å². The Morgan fingerprint density at radius 1 is 0.969 bits per heavy atom. The van der Waals surface area contributed by atoms with Gasteiger partial charge in [-0.15, -0.1) is 0 Å². The summed E-state index contributed by atoms with van der Waals surface area (Å²) in [6, 6.07) is 5.83. The van der Waals surface area contributed by atoms with E-state index in [2.05, 4.69) is 57.2 Å². The van der Waals surface area contributed by atoms with Gasteiger partial charge < -0.3 is 15.3 Å². The molecule has 0 radical (unpaired) electrons. The number of benzene rings is 1. The minimum absolute atomic E-state index is 0.0938. The lowest BCUT2D eigenvalue weighted by atomic mass is 9.47. The summed E-state index contributed by atoms with van der Waals surface area (Å²) in [4.78, 5) is 2.39. The van der Waals surface area contributed by atoms with Crippen LogP contribution in [0, 0.1) is 17.8 Å². The second-order valence-electron chi connectivity index (χ2n) is 13.3. The zero-order chi connectivity index (χ0) is 22.7. The average Bonchev–Trinajstić information content (AvgIpc) is 2.71. The first kappa shape index (κ1) is 22.7. The molecule has 0 amide bonds. The molecule has 0 spiro atoms. The minimum atomic E-state index is 0.0938. The highest BCUT2D eigenvalue weighted by atomic mass is 16.3. The lowest BCUT2D eigenvalue weighted by Crippen LogP contribution is -2.49. The Balaban J connectivity index is 1.47. The van der Waals surface area contributed by atoms with Crippen molar-refractivity contribution in [2.24, 2.45) is 17.8 Å². The number of hydrogen-bond donors (Lipinski definition) is 2. The molecule has 4 bridgehead atoms. The third-order valence-electron chi connectivity index (χ3n) is 9.61. The van der Waals surface area contributed by atoms with E-state index in [4.69, 9.17) is 0 Å². The lowest BCUT2D eigenvalue weighted by molar-refractivity contribution is -0.00625. The topological polar surface area (TPSA) is 35.5 Å². The molecule has 0 saturated heterocycles. The van der Waals surface area contributed by atoms with Crippen LogP contribution in [0.1, 0.15) is 102 Å². The van der Waals surface area contributed by atoms with Crippen LogP contribution in [-0.4, -0.2) is 36.2 Å². The molecule has 2 atom stereocenters. The molecule has 5 fully saturated rings. The quantitative estimate of drug-likeness (QED) is 0.581. The number of aromatic hydroxyl groups is 1. The average molecular weight is 439 g/mol. The molecule has 3 nitrogen and oxygen atoms in total. The van der Waals surface area contributed by atoms with Gasteiger partial charge in [-0.3, -0.25) is 0 Å².